The summed E-state index contributed by atoms with van der Waals surface area (Å²) in [5.41, 5.74) is 1.54. The van der Waals surface area contributed by atoms with E-state index in [1.165, 1.54) is 38.7 Å². The van der Waals surface area contributed by atoms with Gasteiger partial charge in [-0.05, 0) is 81.7 Å². The molecule has 3 amide bonds. The number of unbranched alkanes of at least 4 members (excludes halogenated alkanes) is 1. The molecule has 0 unspecified atom stereocenters. The highest BCUT2D eigenvalue weighted by Gasteiger charge is 2.20. The number of likely N-dealkylation sites (tertiary alicyclic amines) is 1. The van der Waals surface area contributed by atoms with Crippen molar-refractivity contribution in [2.45, 2.75) is 32.1 Å². The summed E-state index contributed by atoms with van der Waals surface area (Å²) in [4.78, 5) is 47.1. The van der Waals surface area contributed by atoms with Crippen LogP contribution in [-0.4, -0.2) is 58.8 Å². The zero-order chi connectivity index (χ0) is 26.0. The maximum Gasteiger partial charge on any atom is 0.276 e. The summed E-state index contributed by atoms with van der Waals surface area (Å²) in [6, 6.07) is 13.4. The Balaban J connectivity index is 1.25. The fourth-order valence-corrected chi connectivity index (χ4v) is 4.47. The Hall–Kier alpha value is -3.69. The van der Waals surface area contributed by atoms with Crippen LogP contribution in [0, 0.1) is 0 Å². The number of rotatable bonds is 10. The van der Waals surface area contributed by atoms with E-state index in [9.17, 15) is 14.4 Å². The lowest BCUT2D eigenvalue weighted by atomic mass is 10.1. The van der Waals surface area contributed by atoms with Gasteiger partial charge in [-0.2, -0.15) is 0 Å². The fourth-order valence-electron chi connectivity index (χ4n) is 4.24. The second-order valence-corrected chi connectivity index (χ2v) is 9.36. The maximum atomic E-state index is 12.8. The zero-order valence-electron chi connectivity index (χ0n) is 20.6. The van der Waals surface area contributed by atoms with Crippen LogP contribution in [0.3, 0.4) is 0 Å². The van der Waals surface area contributed by atoms with Gasteiger partial charge in [-0.1, -0.05) is 30.2 Å². The molecule has 37 heavy (non-hydrogen) atoms. The van der Waals surface area contributed by atoms with E-state index in [4.69, 9.17) is 11.6 Å². The molecule has 1 aliphatic heterocycles. The average molecular weight is 523 g/mol. The summed E-state index contributed by atoms with van der Waals surface area (Å²) in [5.74, 6) is -1.20. The first-order valence-electron chi connectivity index (χ1n) is 12.5. The summed E-state index contributed by atoms with van der Waals surface area (Å²) < 4.78 is 0. The summed E-state index contributed by atoms with van der Waals surface area (Å²) in [7, 11) is 0. The number of nitrogens with one attached hydrogen (secondary N) is 4. The van der Waals surface area contributed by atoms with E-state index >= 15 is 0 Å². The number of hydrogen-bond donors (Lipinski definition) is 4. The number of benzene rings is 2. The lowest BCUT2D eigenvalue weighted by molar-refractivity contribution is 0.0934. The van der Waals surface area contributed by atoms with Gasteiger partial charge in [0.2, 0.25) is 0 Å². The van der Waals surface area contributed by atoms with E-state index in [2.05, 4.69) is 30.8 Å². The largest absolute Gasteiger partial charge is 0.351 e. The first-order valence-corrected chi connectivity index (χ1v) is 12.9. The highest BCUT2D eigenvalue weighted by atomic mass is 35.5. The van der Waals surface area contributed by atoms with Crippen LogP contribution in [0.4, 0.5) is 11.4 Å². The molecule has 2 aromatic carbocycles. The average Bonchev–Trinajstić information content (AvgIpc) is 3.41. The first kappa shape index (κ1) is 26.4. The normalized spacial score (nSPS) is 13.6. The van der Waals surface area contributed by atoms with E-state index in [-0.39, 0.29) is 23.2 Å². The smallest absolute Gasteiger partial charge is 0.276 e. The standard InChI is InChI=1S/C27H31ClN6O3/c28-22-9-3-2-8-21(22)25(35)32-19-10-12-20(13-11-19)33-27(37)24-23(30-18-31-24)26(36)29-14-4-7-17-34-15-5-1-6-16-34/h2-3,8-13,18H,1,4-7,14-17H2,(H,29,36)(H,30,31)(H,32,35)(H,33,37). The third-order valence-electron chi connectivity index (χ3n) is 6.24. The van der Waals surface area contributed by atoms with Gasteiger partial charge < -0.3 is 25.8 Å². The predicted molar refractivity (Wildman–Crippen MR) is 144 cm³/mol. The van der Waals surface area contributed by atoms with Crippen molar-refractivity contribution in [1.29, 1.82) is 0 Å². The molecule has 0 aliphatic carbocycles. The monoisotopic (exact) mass is 522 g/mol. The van der Waals surface area contributed by atoms with Crippen molar-refractivity contribution in [2.75, 3.05) is 36.8 Å². The number of anilines is 2. The van der Waals surface area contributed by atoms with Gasteiger partial charge in [-0.15, -0.1) is 0 Å². The molecule has 4 N–H and O–H groups in total. The molecule has 10 heteroatoms. The van der Waals surface area contributed by atoms with Crippen LogP contribution in [0.25, 0.3) is 0 Å². The number of piperidine rings is 1. The van der Waals surface area contributed by atoms with Crippen molar-refractivity contribution in [2.24, 2.45) is 0 Å². The van der Waals surface area contributed by atoms with Gasteiger partial charge >= 0.3 is 0 Å². The SMILES string of the molecule is O=C(Nc1ccc(NC(=O)c2nc[nH]c2C(=O)NCCCCN2CCCCC2)cc1)c1ccccc1Cl. The highest BCUT2D eigenvalue weighted by molar-refractivity contribution is 6.34. The minimum atomic E-state index is -0.510. The lowest BCUT2D eigenvalue weighted by Gasteiger charge is -2.26. The molecule has 0 saturated carbocycles. The molecule has 194 valence electrons. The van der Waals surface area contributed by atoms with Crippen molar-refractivity contribution in [1.82, 2.24) is 20.2 Å². The molecule has 2 heterocycles. The van der Waals surface area contributed by atoms with Gasteiger partial charge in [0, 0.05) is 17.9 Å². The van der Waals surface area contributed by atoms with Crippen molar-refractivity contribution >= 4 is 40.7 Å². The van der Waals surface area contributed by atoms with Crippen LogP contribution >= 0.6 is 11.6 Å². The summed E-state index contributed by atoms with van der Waals surface area (Å²) >= 11 is 6.08. The third-order valence-corrected chi connectivity index (χ3v) is 6.57. The van der Waals surface area contributed by atoms with Gasteiger partial charge in [-0.3, -0.25) is 14.4 Å². The van der Waals surface area contributed by atoms with Gasteiger partial charge in [0.05, 0.1) is 16.9 Å². The lowest BCUT2D eigenvalue weighted by Crippen LogP contribution is -2.31. The van der Waals surface area contributed by atoms with Crippen LogP contribution in [0.5, 0.6) is 0 Å². The van der Waals surface area contributed by atoms with E-state index in [1.54, 1.807) is 48.5 Å². The summed E-state index contributed by atoms with van der Waals surface area (Å²) in [5, 5.41) is 8.73. The number of nitrogens with zero attached hydrogens (tertiary/aromatic N) is 2. The van der Waals surface area contributed by atoms with Crippen molar-refractivity contribution in [3.05, 3.63) is 76.8 Å². The Morgan fingerprint density at radius 3 is 2.24 bits per heavy atom. The van der Waals surface area contributed by atoms with Gasteiger partial charge in [-0.25, -0.2) is 4.98 Å². The number of aromatic amines is 1. The third kappa shape index (κ3) is 7.41. The van der Waals surface area contributed by atoms with Gasteiger partial charge in [0.15, 0.2) is 5.69 Å². The molecular formula is C27H31ClN6O3. The zero-order valence-corrected chi connectivity index (χ0v) is 21.3. The quantitative estimate of drug-likeness (QED) is 0.291. The molecule has 1 aromatic heterocycles. The number of imidazole rings is 1. The number of carbonyl (C=O) groups excluding carboxylic acids is 3. The van der Waals surface area contributed by atoms with Crippen LogP contribution in [0.2, 0.25) is 5.02 Å². The van der Waals surface area contributed by atoms with Crippen molar-refractivity contribution < 1.29 is 14.4 Å². The van der Waals surface area contributed by atoms with E-state index in [0.717, 1.165) is 19.4 Å². The number of amides is 3. The Labute approximate surface area is 221 Å². The highest BCUT2D eigenvalue weighted by Crippen LogP contribution is 2.19. The molecule has 4 rings (SSSR count). The molecule has 0 spiro atoms. The minimum Gasteiger partial charge on any atom is -0.351 e. The summed E-state index contributed by atoms with van der Waals surface area (Å²) in [6.07, 6.45) is 7.08. The number of carbonyl (C=O) groups is 3. The molecule has 1 aliphatic rings. The Morgan fingerprint density at radius 2 is 1.54 bits per heavy atom. The second-order valence-electron chi connectivity index (χ2n) is 8.96. The Bertz CT molecular complexity index is 1220. The molecule has 0 radical (unpaired) electrons. The van der Waals surface area contributed by atoms with E-state index in [0.29, 0.717) is 28.5 Å². The maximum absolute atomic E-state index is 12.8. The van der Waals surface area contributed by atoms with Crippen molar-refractivity contribution in [3.63, 3.8) is 0 Å². The fraction of sp³-hybridized carbons (Fsp3) is 0.333. The molecule has 1 saturated heterocycles. The number of halogens is 1. The molecular weight excluding hydrogens is 492 g/mol. The Kier molecular flexibility index (Phi) is 9.29. The molecule has 0 bridgehead atoms. The van der Waals surface area contributed by atoms with Crippen LogP contribution in [-0.2, 0) is 0 Å². The minimum absolute atomic E-state index is 0.0157. The number of H-pyrrole nitrogens is 1. The molecule has 9 nitrogen and oxygen atoms in total. The Morgan fingerprint density at radius 1 is 0.865 bits per heavy atom. The van der Waals surface area contributed by atoms with Crippen LogP contribution in [0.1, 0.15) is 63.4 Å². The molecule has 3 aromatic rings. The first-order chi connectivity index (χ1) is 18.0. The molecule has 0 atom stereocenters. The summed E-state index contributed by atoms with van der Waals surface area (Å²) in [6.45, 7) is 3.92. The second kappa shape index (κ2) is 13.0. The van der Waals surface area contributed by atoms with Crippen LogP contribution < -0.4 is 16.0 Å². The number of hydrogen-bond acceptors (Lipinski definition) is 5. The predicted octanol–water partition coefficient (Wildman–Crippen LogP) is 4.56. The molecule has 1 fully saturated rings. The van der Waals surface area contributed by atoms with Crippen LogP contribution in [0.15, 0.2) is 54.9 Å². The number of aromatic nitrogens is 2. The topological polar surface area (TPSA) is 119 Å². The van der Waals surface area contributed by atoms with Crippen molar-refractivity contribution in [3.8, 4) is 0 Å². The van der Waals surface area contributed by atoms with E-state index < -0.39 is 5.91 Å². The van der Waals surface area contributed by atoms with Gasteiger partial charge in [0.1, 0.15) is 5.69 Å². The van der Waals surface area contributed by atoms with Gasteiger partial charge in [0.25, 0.3) is 17.7 Å². The van der Waals surface area contributed by atoms with E-state index in [1.807, 2.05) is 0 Å².